The van der Waals surface area contributed by atoms with Gasteiger partial charge in [0.15, 0.2) is 0 Å². The van der Waals surface area contributed by atoms with E-state index in [2.05, 4.69) is 36.2 Å². The zero-order valence-corrected chi connectivity index (χ0v) is 13.1. The van der Waals surface area contributed by atoms with Crippen molar-refractivity contribution >= 4 is 50.6 Å². The average molecular weight is 384 g/mol. The minimum atomic E-state index is -3.19. The second kappa shape index (κ2) is 5.75. The molecule has 2 rings (SSSR count). The van der Waals surface area contributed by atoms with Gasteiger partial charge in [-0.15, -0.1) is 0 Å². The van der Waals surface area contributed by atoms with E-state index in [0.29, 0.717) is 17.1 Å². The van der Waals surface area contributed by atoms with Gasteiger partial charge in [0.2, 0.25) is 5.82 Å². The number of hydrogen-bond acceptors (Lipinski definition) is 4. The fraction of sp³-hybridized carbons (Fsp3) is 0.182. The first-order chi connectivity index (χ1) is 9.25. The van der Waals surface area contributed by atoms with Crippen LogP contribution in [0, 0.1) is 0 Å². The Balaban J connectivity index is 2.39. The van der Waals surface area contributed by atoms with Crippen LogP contribution < -0.4 is 5.32 Å². The molecule has 2 aromatic rings. The predicted octanol–water partition coefficient (Wildman–Crippen LogP) is 4.80. The molecule has 0 aliphatic carbocycles. The number of rotatable bonds is 3. The molecule has 2 aromatic heterocycles. The summed E-state index contributed by atoms with van der Waals surface area (Å²) in [6, 6.07) is 2.85. The number of nitrogens with one attached hydrogen (secondary N) is 1. The van der Waals surface area contributed by atoms with Gasteiger partial charge in [0.1, 0.15) is 16.1 Å². The molecule has 9 heteroatoms. The maximum Gasteiger partial charge on any atom is 0.303 e. The van der Waals surface area contributed by atoms with Gasteiger partial charge in [0, 0.05) is 25.3 Å². The van der Waals surface area contributed by atoms with Crippen LogP contribution in [0.15, 0.2) is 22.8 Å². The van der Waals surface area contributed by atoms with E-state index in [1.165, 1.54) is 18.3 Å². The summed E-state index contributed by atoms with van der Waals surface area (Å²) in [6.45, 7) is 0.696. The largest absolute Gasteiger partial charge is 0.339 e. The third kappa shape index (κ3) is 3.74. The Morgan fingerprint density at radius 1 is 1.20 bits per heavy atom. The summed E-state index contributed by atoms with van der Waals surface area (Å²) in [5.41, 5.74) is 0.519. The van der Waals surface area contributed by atoms with Gasteiger partial charge in [-0.1, -0.05) is 23.2 Å². The number of halogens is 5. The Kier molecular flexibility index (Phi) is 4.41. The summed E-state index contributed by atoms with van der Waals surface area (Å²) in [7, 11) is 0. The molecule has 0 atom stereocenters. The van der Waals surface area contributed by atoms with Crippen molar-refractivity contribution in [1.29, 1.82) is 0 Å². The molecule has 0 aromatic carbocycles. The van der Waals surface area contributed by atoms with E-state index in [1.807, 2.05) is 0 Å². The molecule has 0 amide bonds. The van der Waals surface area contributed by atoms with Crippen molar-refractivity contribution in [2.75, 3.05) is 5.32 Å². The second-order valence-electron chi connectivity index (χ2n) is 3.90. The Hall–Kier alpha value is -1.05. The van der Waals surface area contributed by atoms with Gasteiger partial charge in [-0.05, 0) is 15.9 Å². The fourth-order valence-electron chi connectivity index (χ4n) is 1.32. The first-order valence-electron chi connectivity index (χ1n) is 5.26. The standard InChI is InChI=1S/C11H7BrCl2F2N4/c1-11(15,16)10-19-8(14)3-9(20-10)18-6-2-7(13)17-4-5(6)12/h2-4H,1H3,(H,17,18,19,20). The summed E-state index contributed by atoms with van der Waals surface area (Å²) in [6.07, 6.45) is 1.48. The van der Waals surface area contributed by atoms with Crippen LogP contribution in [0.1, 0.15) is 12.7 Å². The van der Waals surface area contributed by atoms with Gasteiger partial charge in [-0.25, -0.2) is 15.0 Å². The van der Waals surface area contributed by atoms with Crippen molar-refractivity contribution in [3.05, 3.63) is 38.9 Å². The van der Waals surface area contributed by atoms with E-state index in [1.54, 1.807) is 0 Å². The van der Waals surface area contributed by atoms with Crippen LogP contribution in [0.5, 0.6) is 0 Å². The summed E-state index contributed by atoms with van der Waals surface area (Å²) < 4.78 is 27.1. The number of hydrogen-bond donors (Lipinski definition) is 1. The number of aromatic nitrogens is 3. The van der Waals surface area contributed by atoms with Crippen molar-refractivity contribution in [1.82, 2.24) is 15.0 Å². The molecule has 4 nitrogen and oxygen atoms in total. The van der Waals surface area contributed by atoms with E-state index in [-0.39, 0.29) is 16.1 Å². The lowest BCUT2D eigenvalue weighted by Crippen LogP contribution is -2.13. The van der Waals surface area contributed by atoms with Crippen LogP contribution in [0.3, 0.4) is 0 Å². The fourth-order valence-corrected chi connectivity index (χ4v) is 1.98. The van der Waals surface area contributed by atoms with Crippen molar-refractivity contribution in [3.63, 3.8) is 0 Å². The summed E-state index contributed by atoms with van der Waals surface area (Å²) >= 11 is 14.7. The molecule has 2 heterocycles. The minimum absolute atomic E-state index is 0.0877. The molecule has 0 spiro atoms. The SMILES string of the molecule is CC(F)(F)c1nc(Cl)cc(Nc2cc(Cl)ncc2Br)n1. The van der Waals surface area contributed by atoms with E-state index >= 15 is 0 Å². The van der Waals surface area contributed by atoms with Crippen molar-refractivity contribution < 1.29 is 8.78 Å². The lowest BCUT2D eigenvalue weighted by Gasteiger charge is -2.12. The molecule has 0 unspecified atom stereocenters. The Bertz CT molecular complexity index is 649. The second-order valence-corrected chi connectivity index (χ2v) is 5.53. The molecule has 20 heavy (non-hydrogen) atoms. The topological polar surface area (TPSA) is 50.7 Å². The average Bonchev–Trinajstić information content (AvgIpc) is 2.32. The minimum Gasteiger partial charge on any atom is -0.339 e. The van der Waals surface area contributed by atoms with Crippen LogP contribution >= 0.6 is 39.1 Å². The van der Waals surface area contributed by atoms with Crippen molar-refractivity contribution in [2.45, 2.75) is 12.8 Å². The van der Waals surface area contributed by atoms with Crippen LogP contribution in [0.25, 0.3) is 0 Å². The first-order valence-corrected chi connectivity index (χ1v) is 6.81. The van der Waals surface area contributed by atoms with Crippen LogP contribution in [-0.2, 0) is 5.92 Å². The predicted molar refractivity (Wildman–Crippen MR) is 76.8 cm³/mol. The number of pyridine rings is 1. The van der Waals surface area contributed by atoms with E-state index in [4.69, 9.17) is 23.2 Å². The highest BCUT2D eigenvalue weighted by atomic mass is 79.9. The quantitative estimate of drug-likeness (QED) is 0.611. The van der Waals surface area contributed by atoms with Gasteiger partial charge in [0.05, 0.1) is 10.2 Å². The number of nitrogens with zero attached hydrogens (tertiary/aromatic N) is 3. The van der Waals surface area contributed by atoms with Gasteiger partial charge in [-0.3, -0.25) is 0 Å². The molecule has 0 saturated carbocycles. The lowest BCUT2D eigenvalue weighted by atomic mass is 10.3. The molecule has 0 fully saturated rings. The normalized spacial score (nSPS) is 11.5. The van der Waals surface area contributed by atoms with E-state index in [0.717, 1.165) is 0 Å². The van der Waals surface area contributed by atoms with Crippen LogP contribution in [0.2, 0.25) is 10.3 Å². The van der Waals surface area contributed by atoms with Crippen molar-refractivity contribution in [3.8, 4) is 0 Å². The van der Waals surface area contributed by atoms with E-state index in [9.17, 15) is 8.78 Å². The van der Waals surface area contributed by atoms with Gasteiger partial charge in [0.25, 0.3) is 0 Å². The highest BCUT2D eigenvalue weighted by Gasteiger charge is 2.29. The van der Waals surface area contributed by atoms with Crippen LogP contribution in [0.4, 0.5) is 20.3 Å². The van der Waals surface area contributed by atoms with Crippen molar-refractivity contribution in [2.24, 2.45) is 0 Å². The molecule has 1 N–H and O–H groups in total. The number of alkyl halides is 2. The molecule has 0 aliphatic rings. The smallest absolute Gasteiger partial charge is 0.303 e. The lowest BCUT2D eigenvalue weighted by molar-refractivity contribution is 0.00784. The summed E-state index contributed by atoms with van der Waals surface area (Å²) in [5, 5.41) is 2.99. The zero-order valence-electron chi connectivity index (χ0n) is 9.96. The highest BCUT2D eigenvalue weighted by molar-refractivity contribution is 9.10. The maximum atomic E-state index is 13.2. The molecular formula is C11H7BrCl2F2N4. The van der Waals surface area contributed by atoms with Gasteiger partial charge in [-0.2, -0.15) is 8.78 Å². The molecule has 0 bridgehead atoms. The van der Waals surface area contributed by atoms with E-state index < -0.39 is 11.7 Å². The molecular weight excluding hydrogens is 377 g/mol. The highest BCUT2D eigenvalue weighted by Crippen LogP contribution is 2.30. The Morgan fingerprint density at radius 3 is 2.55 bits per heavy atom. The molecule has 0 radical (unpaired) electrons. The number of anilines is 2. The zero-order chi connectivity index (χ0) is 14.9. The monoisotopic (exact) mass is 382 g/mol. The third-order valence-electron chi connectivity index (χ3n) is 2.17. The Labute approximate surface area is 131 Å². The summed E-state index contributed by atoms with van der Waals surface area (Å²) in [5.74, 6) is -3.72. The third-order valence-corrected chi connectivity index (χ3v) is 3.20. The first kappa shape index (κ1) is 15.3. The molecule has 0 aliphatic heterocycles. The molecule has 0 saturated heterocycles. The van der Waals surface area contributed by atoms with Crippen LogP contribution in [-0.4, -0.2) is 15.0 Å². The van der Waals surface area contributed by atoms with Gasteiger partial charge < -0.3 is 5.32 Å². The van der Waals surface area contributed by atoms with Gasteiger partial charge >= 0.3 is 5.92 Å². The maximum absolute atomic E-state index is 13.2. The Morgan fingerprint density at radius 2 is 1.90 bits per heavy atom. The molecule has 106 valence electrons. The summed E-state index contributed by atoms with van der Waals surface area (Å²) in [4.78, 5) is 11.1.